The van der Waals surface area contributed by atoms with Crippen molar-refractivity contribution in [2.45, 2.75) is 34.1 Å². The van der Waals surface area contributed by atoms with E-state index in [4.69, 9.17) is 0 Å². The SMILES string of the molecule is CCO/N=C\NC(=O)C(C)(C)CC. The van der Waals surface area contributed by atoms with Gasteiger partial charge < -0.3 is 10.2 Å². The summed E-state index contributed by atoms with van der Waals surface area (Å²) in [5.41, 5.74) is -0.349. The summed E-state index contributed by atoms with van der Waals surface area (Å²) in [6, 6.07) is 0. The van der Waals surface area contributed by atoms with E-state index in [1.807, 2.05) is 27.7 Å². The third-order valence-electron chi connectivity index (χ3n) is 1.95. The second-order valence-corrected chi connectivity index (χ2v) is 3.36. The van der Waals surface area contributed by atoms with Crippen LogP contribution in [-0.4, -0.2) is 18.9 Å². The minimum atomic E-state index is -0.349. The molecular formula is C9H18N2O2. The molecule has 0 aromatic carbocycles. The summed E-state index contributed by atoms with van der Waals surface area (Å²) in [7, 11) is 0. The molecule has 0 saturated heterocycles. The number of nitrogens with one attached hydrogen (secondary N) is 1. The highest BCUT2D eigenvalue weighted by Gasteiger charge is 2.24. The van der Waals surface area contributed by atoms with Crippen molar-refractivity contribution in [2.24, 2.45) is 10.6 Å². The van der Waals surface area contributed by atoms with E-state index < -0.39 is 0 Å². The maximum atomic E-state index is 11.4. The summed E-state index contributed by atoms with van der Waals surface area (Å²) < 4.78 is 0. The first-order chi connectivity index (χ1) is 6.04. The molecule has 0 saturated carbocycles. The van der Waals surface area contributed by atoms with Crippen molar-refractivity contribution in [2.75, 3.05) is 6.61 Å². The zero-order valence-electron chi connectivity index (χ0n) is 8.76. The Balaban J connectivity index is 3.87. The molecule has 0 atom stereocenters. The van der Waals surface area contributed by atoms with E-state index in [0.29, 0.717) is 6.61 Å². The van der Waals surface area contributed by atoms with Crippen LogP contribution in [-0.2, 0) is 9.63 Å². The van der Waals surface area contributed by atoms with E-state index in [1.165, 1.54) is 6.34 Å². The highest BCUT2D eigenvalue weighted by Crippen LogP contribution is 2.18. The Labute approximate surface area is 79.3 Å². The Morgan fingerprint density at radius 1 is 1.54 bits per heavy atom. The maximum Gasteiger partial charge on any atom is 0.230 e. The molecule has 0 aromatic rings. The first-order valence-corrected chi connectivity index (χ1v) is 4.49. The molecule has 0 aliphatic carbocycles. The lowest BCUT2D eigenvalue weighted by Crippen LogP contribution is -2.35. The number of carbonyl (C=O) groups excluding carboxylic acids is 1. The average Bonchev–Trinajstić information content (AvgIpc) is 2.12. The molecule has 1 amide bonds. The first kappa shape index (κ1) is 11.9. The topological polar surface area (TPSA) is 50.7 Å². The lowest BCUT2D eigenvalue weighted by Gasteiger charge is -2.19. The average molecular weight is 186 g/mol. The summed E-state index contributed by atoms with van der Waals surface area (Å²) in [6.07, 6.45) is 2.07. The standard InChI is InChI=1S/C9H18N2O2/c1-5-9(3,4)8(12)10-7-11-13-6-2/h7H,5-6H2,1-4H3,(H,10,11,12). The molecule has 0 aliphatic rings. The van der Waals surface area contributed by atoms with Crippen molar-refractivity contribution in [3.63, 3.8) is 0 Å². The highest BCUT2D eigenvalue weighted by atomic mass is 16.6. The van der Waals surface area contributed by atoms with Crippen molar-refractivity contribution in [1.29, 1.82) is 0 Å². The molecule has 0 aliphatic heterocycles. The van der Waals surface area contributed by atoms with Crippen LogP contribution in [0.1, 0.15) is 34.1 Å². The molecular weight excluding hydrogens is 168 g/mol. The lowest BCUT2D eigenvalue weighted by molar-refractivity contribution is -0.127. The molecule has 1 N–H and O–H groups in total. The maximum absolute atomic E-state index is 11.4. The van der Waals surface area contributed by atoms with E-state index in [1.54, 1.807) is 0 Å². The molecule has 0 unspecified atom stereocenters. The fourth-order valence-corrected chi connectivity index (χ4v) is 0.553. The van der Waals surface area contributed by atoms with Gasteiger partial charge in [0.2, 0.25) is 5.91 Å². The Bertz CT molecular complexity index is 188. The third-order valence-corrected chi connectivity index (χ3v) is 1.95. The number of hydrogen-bond donors (Lipinski definition) is 1. The van der Waals surface area contributed by atoms with Crippen molar-refractivity contribution in [3.8, 4) is 0 Å². The first-order valence-electron chi connectivity index (χ1n) is 4.49. The molecule has 4 nitrogen and oxygen atoms in total. The van der Waals surface area contributed by atoms with Crippen LogP contribution in [0.5, 0.6) is 0 Å². The minimum Gasteiger partial charge on any atom is -0.395 e. The predicted molar refractivity (Wildman–Crippen MR) is 52.3 cm³/mol. The molecule has 4 heteroatoms. The van der Waals surface area contributed by atoms with Gasteiger partial charge in [-0.2, -0.15) is 0 Å². The van der Waals surface area contributed by atoms with Crippen LogP contribution in [0.15, 0.2) is 5.16 Å². The van der Waals surface area contributed by atoms with Crippen LogP contribution in [0, 0.1) is 5.41 Å². The molecule has 0 radical (unpaired) electrons. The molecule has 0 heterocycles. The predicted octanol–water partition coefficient (Wildman–Crippen LogP) is 1.52. The van der Waals surface area contributed by atoms with Crippen LogP contribution < -0.4 is 5.32 Å². The second kappa shape index (κ2) is 5.56. The van der Waals surface area contributed by atoms with Gasteiger partial charge in [-0.25, -0.2) is 0 Å². The number of hydrogen-bond acceptors (Lipinski definition) is 3. The van der Waals surface area contributed by atoms with Crippen molar-refractivity contribution in [1.82, 2.24) is 5.32 Å². The van der Waals surface area contributed by atoms with Crippen molar-refractivity contribution < 1.29 is 9.63 Å². The molecule has 0 aromatic heterocycles. The molecule has 13 heavy (non-hydrogen) atoms. The van der Waals surface area contributed by atoms with Gasteiger partial charge in [0.1, 0.15) is 12.9 Å². The molecule has 76 valence electrons. The van der Waals surface area contributed by atoms with Gasteiger partial charge >= 0.3 is 0 Å². The van der Waals surface area contributed by atoms with E-state index in [2.05, 4.69) is 15.3 Å². The number of amides is 1. The monoisotopic (exact) mass is 186 g/mol. The van der Waals surface area contributed by atoms with Crippen LogP contribution in [0.3, 0.4) is 0 Å². The summed E-state index contributed by atoms with van der Waals surface area (Å²) >= 11 is 0. The van der Waals surface area contributed by atoms with Crippen molar-refractivity contribution in [3.05, 3.63) is 0 Å². The smallest absolute Gasteiger partial charge is 0.230 e. The normalized spacial score (nSPS) is 11.7. The summed E-state index contributed by atoms with van der Waals surface area (Å²) in [5.74, 6) is -0.0431. The van der Waals surface area contributed by atoms with E-state index in [-0.39, 0.29) is 11.3 Å². The Morgan fingerprint density at radius 3 is 2.62 bits per heavy atom. The van der Waals surface area contributed by atoms with Gasteiger partial charge in [-0.3, -0.25) is 4.79 Å². The van der Waals surface area contributed by atoms with E-state index in [9.17, 15) is 4.79 Å². The van der Waals surface area contributed by atoms with Gasteiger partial charge in [-0.15, -0.1) is 0 Å². The Kier molecular flexibility index (Phi) is 5.11. The Morgan fingerprint density at radius 2 is 2.15 bits per heavy atom. The molecule has 0 fully saturated rings. The number of nitrogens with zero attached hydrogens (tertiary/aromatic N) is 1. The number of carbonyl (C=O) groups is 1. The zero-order valence-corrected chi connectivity index (χ0v) is 8.76. The lowest BCUT2D eigenvalue weighted by atomic mass is 9.89. The number of oxime groups is 1. The third kappa shape index (κ3) is 4.50. The second-order valence-electron chi connectivity index (χ2n) is 3.36. The van der Waals surface area contributed by atoms with E-state index >= 15 is 0 Å². The van der Waals surface area contributed by atoms with Crippen molar-refractivity contribution >= 4 is 12.2 Å². The molecule has 0 spiro atoms. The fourth-order valence-electron chi connectivity index (χ4n) is 0.553. The van der Waals surface area contributed by atoms with E-state index in [0.717, 1.165) is 6.42 Å². The van der Waals surface area contributed by atoms with Crippen LogP contribution in [0.4, 0.5) is 0 Å². The Hall–Kier alpha value is -1.06. The van der Waals surface area contributed by atoms with Gasteiger partial charge in [0, 0.05) is 5.41 Å². The summed E-state index contributed by atoms with van der Waals surface area (Å²) in [4.78, 5) is 16.1. The van der Waals surface area contributed by atoms with Crippen LogP contribution in [0.25, 0.3) is 0 Å². The summed E-state index contributed by atoms with van der Waals surface area (Å²) in [5, 5.41) is 6.07. The van der Waals surface area contributed by atoms with Gasteiger partial charge in [0.25, 0.3) is 0 Å². The molecule has 0 bridgehead atoms. The van der Waals surface area contributed by atoms with Crippen LogP contribution in [0.2, 0.25) is 0 Å². The van der Waals surface area contributed by atoms with Crippen LogP contribution >= 0.6 is 0 Å². The summed E-state index contributed by atoms with van der Waals surface area (Å²) in [6.45, 7) is 8.08. The fraction of sp³-hybridized carbons (Fsp3) is 0.778. The largest absolute Gasteiger partial charge is 0.395 e. The zero-order chi connectivity index (χ0) is 10.3. The minimum absolute atomic E-state index is 0.0431. The quantitative estimate of drug-likeness (QED) is 0.402. The van der Waals surface area contributed by atoms with Gasteiger partial charge in [0.05, 0.1) is 0 Å². The van der Waals surface area contributed by atoms with Gasteiger partial charge in [0.15, 0.2) is 0 Å². The number of rotatable bonds is 5. The van der Waals surface area contributed by atoms with Gasteiger partial charge in [-0.1, -0.05) is 25.9 Å². The van der Waals surface area contributed by atoms with Gasteiger partial charge in [-0.05, 0) is 13.3 Å². The highest BCUT2D eigenvalue weighted by molar-refractivity contribution is 5.91. The molecule has 0 rings (SSSR count).